The molecule has 0 saturated heterocycles. The molecule has 0 unspecified atom stereocenters. The maximum absolute atomic E-state index is 11.3. The number of anilines is 1. The fourth-order valence-corrected chi connectivity index (χ4v) is 1.25. The minimum absolute atomic E-state index is 0.0493. The first-order valence-corrected chi connectivity index (χ1v) is 5.41. The molecular formula is C11H18N4O. The normalized spacial score (nSPS) is 10.2. The van der Waals surface area contributed by atoms with E-state index in [1.54, 1.807) is 12.3 Å². The SMILES string of the molecule is Cc1nccc(NCCC(=O)NC(C)C)n1. The Hall–Kier alpha value is -1.65. The molecule has 1 heterocycles. The molecule has 0 saturated carbocycles. The second-order valence-electron chi connectivity index (χ2n) is 3.89. The Morgan fingerprint density at radius 1 is 1.50 bits per heavy atom. The topological polar surface area (TPSA) is 66.9 Å². The van der Waals surface area contributed by atoms with Gasteiger partial charge >= 0.3 is 0 Å². The molecule has 0 aliphatic rings. The fraction of sp³-hybridized carbons (Fsp3) is 0.545. The van der Waals surface area contributed by atoms with E-state index >= 15 is 0 Å². The van der Waals surface area contributed by atoms with Crippen molar-refractivity contribution in [2.45, 2.75) is 33.2 Å². The first-order chi connectivity index (χ1) is 7.58. The van der Waals surface area contributed by atoms with Gasteiger partial charge in [0.2, 0.25) is 5.91 Å². The Balaban J connectivity index is 2.28. The van der Waals surface area contributed by atoms with Gasteiger partial charge in [0.05, 0.1) is 0 Å². The van der Waals surface area contributed by atoms with Crippen LogP contribution < -0.4 is 10.6 Å². The summed E-state index contributed by atoms with van der Waals surface area (Å²) in [6, 6.07) is 1.97. The molecule has 0 aliphatic carbocycles. The van der Waals surface area contributed by atoms with Crippen LogP contribution in [0.15, 0.2) is 12.3 Å². The molecule has 16 heavy (non-hydrogen) atoms. The lowest BCUT2D eigenvalue weighted by Gasteiger charge is -2.09. The number of nitrogens with one attached hydrogen (secondary N) is 2. The zero-order valence-electron chi connectivity index (χ0n) is 9.95. The number of hydrogen-bond acceptors (Lipinski definition) is 4. The quantitative estimate of drug-likeness (QED) is 0.783. The highest BCUT2D eigenvalue weighted by Crippen LogP contribution is 2.00. The highest BCUT2D eigenvalue weighted by atomic mass is 16.1. The summed E-state index contributed by atoms with van der Waals surface area (Å²) in [7, 11) is 0. The van der Waals surface area contributed by atoms with Gasteiger partial charge in [-0.25, -0.2) is 9.97 Å². The van der Waals surface area contributed by atoms with Crippen molar-refractivity contribution in [1.29, 1.82) is 0 Å². The molecule has 5 heteroatoms. The number of aryl methyl sites for hydroxylation is 1. The van der Waals surface area contributed by atoms with Crippen LogP contribution in [0.3, 0.4) is 0 Å². The van der Waals surface area contributed by atoms with E-state index in [1.807, 2.05) is 20.8 Å². The zero-order valence-corrected chi connectivity index (χ0v) is 9.95. The summed E-state index contributed by atoms with van der Waals surface area (Å²) in [5.41, 5.74) is 0. The van der Waals surface area contributed by atoms with Crippen LogP contribution in [0.2, 0.25) is 0 Å². The van der Waals surface area contributed by atoms with Crippen LogP contribution in [0.5, 0.6) is 0 Å². The maximum atomic E-state index is 11.3. The second-order valence-corrected chi connectivity index (χ2v) is 3.89. The average molecular weight is 222 g/mol. The van der Waals surface area contributed by atoms with Gasteiger partial charge in [-0.2, -0.15) is 0 Å². The fourth-order valence-electron chi connectivity index (χ4n) is 1.25. The van der Waals surface area contributed by atoms with Gasteiger partial charge < -0.3 is 10.6 Å². The standard InChI is InChI=1S/C11H18N4O/c1-8(2)14-11(16)5-7-13-10-4-6-12-9(3)15-10/h4,6,8H,5,7H2,1-3H3,(H,14,16)(H,12,13,15). The molecule has 2 N–H and O–H groups in total. The van der Waals surface area contributed by atoms with Gasteiger partial charge in [-0.3, -0.25) is 4.79 Å². The minimum Gasteiger partial charge on any atom is -0.369 e. The van der Waals surface area contributed by atoms with E-state index in [4.69, 9.17) is 0 Å². The van der Waals surface area contributed by atoms with E-state index < -0.39 is 0 Å². The lowest BCUT2D eigenvalue weighted by molar-refractivity contribution is -0.121. The third kappa shape index (κ3) is 4.72. The number of nitrogens with zero attached hydrogens (tertiary/aromatic N) is 2. The van der Waals surface area contributed by atoms with Gasteiger partial charge in [0.1, 0.15) is 11.6 Å². The molecule has 1 aromatic rings. The smallest absolute Gasteiger partial charge is 0.221 e. The lowest BCUT2D eigenvalue weighted by Crippen LogP contribution is -2.31. The van der Waals surface area contributed by atoms with Gasteiger partial charge in [0, 0.05) is 25.2 Å². The van der Waals surface area contributed by atoms with E-state index in [-0.39, 0.29) is 11.9 Å². The molecule has 1 aromatic heterocycles. The Bertz CT molecular complexity index is 352. The summed E-state index contributed by atoms with van der Waals surface area (Å²) in [4.78, 5) is 19.5. The Kier molecular flexibility index (Phi) is 4.69. The molecule has 1 amide bonds. The number of hydrogen-bond donors (Lipinski definition) is 2. The Labute approximate surface area is 95.7 Å². The summed E-state index contributed by atoms with van der Waals surface area (Å²) >= 11 is 0. The number of amides is 1. The number of carbonyl (C=O) groups excluding carboxylic acids is 1. The first-order valence-electron chi connectivity index (χ1n) is 5.41. The van der Waals surface area contributed by atoms with Gasteiger partial charge in [-0.05, 0) is 26.8 Å². The predicted octanol–water partition coefficient (Wildman–Crippen LogP) is 1.11. The van der Waals surface area contributed by atoms with Crippen LogP contribution in [0.4, 0.5) is 5.82 Å². The molecule has 1 rings (SSSR count). The molecule has 0 fully saturated rings. The van der Waals surface area contributed by atoms with Crippen LogP contribution in [-0.2, 0) is 4.79 Å². The van der Waals surface area contributed by atoms with Gasteiger partial charge in [0.25, 0.3) is 0 Å². The highest BCUT2D eigenvalue weighted by Gasteiger charge is 2.02. The molecule has 0 atom stereocenters. The Morgan fingerprint density at radius 2 is 2.25 bits per heavy atom. The largest absolute Gasteiger partial charge is 0.369 e. The van der Waals surface area contributed by atoms with E-state index in [0.717, 1.165) is 11.6 Å². The third-order valence-corrected chi connectivity index (χ3v) is 1.88. The maximum Gasteiger partial charge on any atom is 0.221 e. The monoisotopic (exact) mass is 222 g/mol. The molecule has 0 spiro atoms. The summed E-state index contributed by atoms with van der Waals surface area (Å²) in [6.45, 7) is 6.30. The van der Waals surface area contributed by atoms with Crippen molar-refractivity contribution in [2.24, 2.45) is 0 Å². The van der Waals surface area contributed by atoms with E-state index in [1.165, 1.54) is 0 Å². The zero-order chi connectivity index (χ0) is 12.0. The van der Waals surface area contributed by atoms with Crippen molar-refractivity contribution >= 4 is 11.7 Å². The summed E-state index contributed by atoms with van der Waals surface area (Å²) < 4.78 is 0. The Morgan fingerprint density at radius 3 is 2.88 bits per heavy atom. The highest BCUT2D eigenvalue weighted by molar-refractivity contribution is 5.76. The predicted molar refractivity (Wildman–Crippen MR) is 63.2 cm³/mol. The summed E-state index contributed by atoms with van der Waals surface area (Å²) in [6.07, 6.45) is 2.14. The third-order valence-electron chi connectivity index (χ3n) is 1.88. The minimum atomic E-state index is 0.0493. The van der Waals surface area contributed by atoms with Crippen LogP contribution >= 0.6 is 0 Å². The number of carbonyl (C=O) groups is 1. The van der Waals surface area contributed by atoms with Gasteiger partial charge in [-0.15, -0.1) is 0 Å². The number of aromatic nitrogens is 2. The van der Waals surface area contributed by atoms with Crippen molar-refractivity contribution in [3.63, 3.8) is 0 Å². The first kappa shape index (κ1) is 12.4. The van der Waals surface area contributed by atoms with Crippen LogP contribution in [-0.4, -0.2) is 28.5 Å². The molecule has 0 bridgehead atoms. The van der Waals surface area contributed by atoms with Crippen LogP contribution in [0.25, 0.3) is 0 Å². The summed E-state index contributed by atoms with van der Waals surface area (Å²) in [5.74, 6) is 1.52. The second kappa shape index (κ2) is 6.05. The van der Waals surface area contributed by atoms with E-state index in [9.17, 15) is 4.79 Å². The van der Waals surface area contributed by atoms with E-state index in [0.29, 0.717) is 13.0 Å². The molecule has 88 valence electrons. The van der Waals surface area contributed by atoms with Crippen molar-refractivity contribution in [3.8, 4) is 0 Å². The lowest BCUT2D eigenvalue weighted by atomic mass is 10.3. The molecule has 5 nitrogen and oxygen atoms in total. The molecular weight excluding hydrogens is 204 g/mol. The van der Waals surface area contributed by atoms with Crippen molar-refractivity contribution in [2.75, 3.05) is 11.9 Å². The van der Waals surface area contributed by atoms with Crippen molar-refractivity contribution in [1.82, 2.24) is 15.3 Å². The average Bonchev–Trinajstić information content (AvgIpc) is 2.16. The summed E-state index contributed by atoms with van der Waals surface area (Å²) in [5, 5.41) is 5.91. The van der Waals surface area contributed by atoms with Gasteiger partial charge in [0.15, 0.2) is 0 Å². The molecule has 0 aromatic carbocycles. The van der Waals surface area contributed by atoms with E-state index in [2.05, 4.69) is 20.6 Å². The van der Waals surface area contributed by atoms with Crippen molar-refractivity contribution in [3.05, 3.63) is 18.1 Å². The number of rotatable bonds is 5. The van der Waals surface area contributed by atoms with Crippen molar-refractivity contribution < 1.29 is 4.79 Å². The van der Waals surface area contributed by atoms with Crippen LogP contribution in [0.1, 0.15) is 26.1 Å². The molecule has 0 aliphatic heterocycles. The van der Waals surface area contributed by atoms with Gasteiger partial charge in [-0.1, -0.05) is 0 Å². The molecule has 0 radical (unpaired) electrons. The van der Waals surface area contributed by atoms with Crippen LogP contribution in [0, 0.1) is 6.92 Å².